The number of hydrogen-bond donors (Lipinski definition) is 1. The Balaban J connectivity index is 2.17. The predicted molar refractivity (Wildman–Crippen MR) is 116 cm³/mol. The van der Waals surface area contributed by atoms with E-state index in [1.165, 1.54) is 61.7 Å². The lowest BCUT2D eigenvalue weighted by atomic mass is 9.90. The molecule has 0 aliphatic heterocycles. The molecule has 0 bridgehead atoms. The number of alkyl halides is 6. The van der Waals surface area contributed by atoms with E-state index >= 15 is 0 Å². The van der Waals surface area contributed by atoms with Crippen LogP contribution in [-0.2, 0) is 15.4 Å². The summed E-state index contributed by atoms with van der Waals surface area (Å²) >= 11 is 0. The summed E-state index contributed by atoms with van der Waals surface area (Å²) in [5, 5.41) is 7.61. The average molecular weight is 532 g/mol. The van der Waals surface area contributed by atoms with Crippen LogP contribution in [0.25, 0.3) is 0 Å². The summed E-state index contributed by atoms with van der Waals surface area (Å²) < 4.78 is 111. The zero-order valence-corrected chi connectivity index (χ0v) is 19.2. The first-order valence-electron chi connectivity index (χ1n) is 10.1. The Morgan fingerprint density at radius 3 is 1.75 bits per heavy atom. The van der Waals surface area contributed by atoms with Gasteiger partial charge in [-0.15, -0.1) is 0 Å². The van der Waals surface area contributed by atoms with Crippen molar-refractivity contribution in [2.75, 3.05) is 7.11 Å². The largest absolute Gasteiger partial charge is 0.497 e. The maximum atomic E-state index is 13.4. The highest BCUT2D eigenvalue weighted by molar-refractivity contribution is 7.92. The van der Waals surface area contributed by atoms with Crippen molar-refractivity contribution in [2.24, 2.45) is 0 Å². The molecule has 3 aromatic rings. The van der Waals surface area contributed by atoms with Crippen molar-refractivity contribution >= 4 is 15.6 Å². The fourth-order valence-electron chi connectivity index (χ4n) is 3.51. The molecule has 5 nitrogen and oxygen atoms in total. The van der Waals surface area contributed by atoms with Crippen molar-refractivity contribution in [3.63, 3.8) is 0 Å². The van der Waals surface area contributed by atoms with E-state index in [-0.39, 0.29) is 10.5 Å². The molecule has 3 rings (SSSR count). The molecular formula is C24H18F6O5S. The van der Waals surface area contributed by atoms with Crippen molar-refractivity contribution in [2.45, 2.75) is 28.1 Å². The number of rotatable bonds is 7. The fourth-order valence-corrected chi connectivity index (χ4v) is 5.25. The molecule has 0 aliphatic rings. The second-order valence-electron chi connectivity index (χ2n) is 7.66. The Morgan fingerprint density at radius 1 is 0.806 bits per heavy atom. The molecule has 0 radical (unpaired) electrons. The number of benzene rings is 3. The van der Waals surface area contributed by atoms with Gasteiger partial charge >= 0.3 is 12.4 Å². The Morgan fingerprint density at radius 2 is 1.31 bits per heavy atom. The zero-order chi connectivity index (χ0) is 26.9. The average Bonchev–Trinajstić information content (AvgIpc) is 2.83. The van der Waals surface area contributed by atoms with Gasteiger partial charge in [0.05, 0.1) is 12.0 Å². The van der Waals surface area contributed by atoms with Gasteiger partial charge in [-0.25, -0.2) is 8.42 Å². The molecule has 1 unspecified atom stereocenters. The van der Waals surface area contributed by atoms with Crippen molar-refractivity contribution in [3.05, 3.63) is 95.6 Å². The van der Waals surface area contributed by atoms with E-state index in [1.807, 2.05) is 0 Å². The minimum Gasteiger partial charge on any atom is -0.497 e. The number of ketones is 1. The van der Waals surface area contributed by atoms with E-state index in [0.717, 1.165) is 0 Å². The number of hydrogen-bond acceptors (Lipinski definition) is 5. The standard InChI is InChI=1S/C24H18F6O5S/c1-35-18-13-9-15(10-14-18)20(31)21(36(33,34)19-5-3-2-4-6-19)16-7-11-17(12-8-16)22(32,23(25,26)27)24(28,29)30/h2-14,21,32H,1H3. The van der Waals surface area contributed by atoms with Crippen molar-refractivity contribution < 1.29 is 49.4 Å². The molecule has 0 fully saturated rings. The Kier molecular flexibility index (Phi) is 7.24. The summed E-state index contributed by atoms with van der Waals surface area (Å²) in [7, 11) is -3.14. The van der Waals surface area contributed by atoms with Crippen LogP contribution in [0.5, 0.6) is 5.75 Å². The number of carbonyl (C=O) groups excluding carboxylic acids is 1. The van der Waals surface area contributed by atoms with Gasteiger partial charge < -0.3 is 9.84 Å². The van der Waals surface area contributed by atoms with E-state index in [0.29, 0.717) is 30.0 Å². The molecule has 192 valence electrons. The number of methoxy groups -OCH3 is 1. The highest BCUT2D eigenvalue weighted by Gasteiger charge is 2.71. The van der Waals surface area contributed by atoms with Gasteiger partial charge in [0.15, 0.2) is 20.9 Å². The third-order valence-electron chi connectivity index (χ3n) is 5.45. The van der Waals surface area contributed by atoms with Crippen LogP contribution in [-0.4, -0.2) is 38.8 Å². The number of sulfone groups is 1. The first-order valence-corrected chi connectivity index (χ1v) is 11.6. The minimum atomic E-state index is -6.12. The van der Waals surface area contributed by atoms with Crippen molar-refractivity contribution in [1.29, 1.82) is 0 Å². The van der Waals surface area contributed by atoms with Crippen molar-refractivity contribution in [1.82, 2.24) is 0 Å². The number of carbonyl (C=O) groups is 1. The molecule has 0 saturated heterocycles. The van der Waals surface area contributed by atoms with Crippen LogP contribution in [0.15, 0.2) is 83.8 Å². The lowest BCUT2D eigenvalue weighted by Gasteiger charge is -2.32. The summed E-state index contributed by atoms with van der Waals surface area (Å²) in [5.74, 6) is -0.617. The molecule has 0 heterocycles. The highest BCUT2D eigenvalue weighted by Crippen LogP contribution is 2.50. The van der Waals surface area contributed by atoms with Crippen LogP contribution in [0.1, 0.15) is 26.7 Å². The number of ether oxygens (including phenoxy) is 1. The van der Waals surface area contributed by atoms with Crippen molar-refractivity contribution in [3.8, 4) is 5.75 Å². The van der Waals surface area contributed by atoms with Gasteiger partial charge in [0.2, 0.25) is 0 Å². The number of halogens is 6. The van der Waals surface area contributed by atoms with Gasteiger partial charge in [-0.1, -0.05) is 42.5 Å². The maximum absolute atomic E-state index is 13.4. The normalized spacial score (nSPS) is 13.8. The van der Waals surface area contributed by atoms with E-state index in [4.69, 9.17) is 4.74 Å². The van der Waals surface area contributed by atoms with Gasteiger partial charge in [0.1, 0.15) is 5.75 Å². The second-order valence-corrected chi connectivity index (χ2v) is 9.69. The van der Waals surface area contributed by atoms with Crippen LogP contribution < -0.4 is 4.74 Å². The minimum absolute atomic E-state index is 0.0912. The SMILES string of the molecule is COc1ccc(C(=O)C(c2ccc(C(O)(C(F)(F)F)C(F)(F)F)cc2)S(=O)(=O)c2ccccc2)cc1. The third-order valence-corrected chi connectivity index (χ3v) is 7.48. The Bertz CT molecular complexity index is 1300. The van der Waals surface area contributed by atoms with E-state index in [9.17, 15) is 44.7 Å². The molecule has 3 aromatic carbocycles. The number of aliphatic hydroxyl groups is 1. The molecule has 0 aromatic heterocycles. The van der Waals surface area contributed by atoms with Gasteiger partial charge in [-0.2, -0.15) is 26.3 Å². The molecular weight excluding hydrogens is 514 g/mol. The smallest absolute Gasteiger partial charge is 0.430 e. The molecule has 0 saturated carbocycles. The van der Waals surface area contributed by atoms with E-state index in [2.05, 4.69) is 0 Å². The van der Waals surface area contributed by atoms with Gasteiger partial charge in [-0.3, -0.25) is 4.79 Å². The summed E-state index contributed by atoms with van der Waals surface area (Å²) in [6.07, 6.45) is -12.2. The lowest BCUT2D eigenvalue weighted by Crippen LogP contribution is -2.53. The van der Waals surface area contributed by atoms with E-state index in [1.54, 1.807) is 0 Å². The second kappa shape index (κ2) is 9.58. The first kappa shape index (κ1) is 27.2. The molecule has 0 aliphatic carbocycles. The molecule has 12 heteroatoms. The first-order chi connectivity index (χ1) is 16.6. The van der Waals surface area contributed by atoms with Crippen LogP contribution in [0.2, 0.25) is 0 Å². The molecule has 0 amide bonds. The fraction of sp³-hybridized carbons (Fsp3) is 0.208. The highest BCUT2D eigenvalue weighted by atomic mass is 32.2. The van der Waals surface area contributed by atoms with Crippen LogP contribution >= 0.6 is 0 Å². The van der Waals surface area contributed by atoms with Crippen LogP contribution in [0.3, 0.4) is 0 Å². The molecule has 0 spiro atoms. The molecule has 36 heavy (non-hydrogen) atoms. The summed E-state index contributed by atoms with van der Waals surface area (Å²) in [4.78, 5) is 13.0. The number of Topliss-reactive ketones (excluding diaryl/α,β-unsaturated/α-hetero) is 1. The third kappa shape index (κ3) is 4.82. The van der Waals surface area contributed by atoms with Gasteiger partial charge in [0.25, 0.3) is 5.60 Å². The Hall–Kier alpha value is -3.38. The van der Waals surface area contributed by atoms with Gasteiger partial charge in [-0.05, 0) is 42.0 Å². The van der Waals surface area contributed by atoms with Crippen LogP contribution in [0, 0.1) is 0 Å². The maximum Gasteiger partial charge on any atom is 0.430 e. The van der Waals surface area contributed by atoms with E-state index < -0.39 is 50.0 Å². The summed E-state index contributed by atoms with van der Waals surface area (Å²) in [6.45, 7) is 0. The Labute approximate surface area is 201 Å². The zero-order valence-electron chi connectivity index (χ0n) is 18.3. The predicted octanol–water partition coefficient (Wildman–Crippen LogP) is 5.41. The topological polar surface area (TPSA) is 80.7 Å². The summed E-state index contributed by atoms with van der Waals surface area (Å²) in [6, 6.07) is 13.9. The monoisotopic (exact) mass is 532 g/mol. The quantitative estimate of drug-likeness (QED) is 0.325. The lowest BCUT2D eigenvalue weighted by molar-refractivity contribution is -0.376. The summed E-state index contributed by atoms with van der Waals surface area (Å²) in [5.41, 5.74) is -7.27. The van der Waals surface area contributed by atoms with Gasteiger partial charge in [0, 0.05) is 11.1 Å². The molecule has 1 atom stereocenters. The molecule has 1 N–H and O–H groups in total. The van der Waals surface area contributed by atoms with Crippen LogP contribution in [0.4, 0.5) is 26.3 Å².